The monoisotopic (exact) mass is 1290 g/mol. The topological polar surface area (TPSA) is 24.6 Å². The second kappa shape index (κ2) is 20.0. The van der Waals surface area contributed by atoms with Gasteiger partial charge in [0.05, 0.1) is 11.0 Å². The summed E-state index contributed by atoms with van der Waals surface area (Å²) in [6.45, 7) is 19.3. The van der Waals surface area contributed by atoms with Crippen LogP contribution in [0, 0.1) is 30.4 Å². The number of nitrogens with zero attached hydrogens (tertiary/aromatic N) is 3. The zero-order chi connectivity index (χ0) is 54.6. The minimum Gasteiger partial charge on any atom is -0.455 e. The summed E-state index contributed by atoms with van der Waals surface area (Å²) in [7, 11) is 0. The number of hydrogen-bond acceptors (Lipinski definition) is 4. The van der Waals surface area contributed by atoms with E-state index in [0.29, 0.717) is 0 Å². The van der Waals surface area contributed by atoms with E-state index in [-0.39, 0.29) is 78.1 Å². The van der Waals surface area contributed by atoms with Crippen molar-refractivity contribution in [1.82, 2.24) is 4.57 Å². The molecule has 4 nitrogen and oxygen atoms in total. The van der Waals surface area contributed by atoms with Crippen LogP contribution in [0.5, 0.6) is 0 Å². The Morgan fingerprint density at radius 1 is 0.566 bits per heavy atom. The van der Waals surface area contributed by atoms with Gasteiger partial charge >= 0.3 is 27.3 Å². The number of fused-ring (bicyclic) bond motifs is 13. The van der Waals surface area contributed by atoms with E-state index in [1.54, 1.807) is 0 Å². The van der Waals surface area contributed by atoms with Gasteiger partial charge in [-0.3, -0.25) is 12.1 Å². The van der Waals surface area contributed by atoms with Crippen LogP contribution in [-0.2, 0) is 60.0 Å². The molecule has 392 valence electrons. The van der Waals surface area contributed by atoms with E-state index in [2.05, 4.69) is 268 Å². The summed E-state index contributed by atoms with van der Waals surface area (Å²) in [5.74, 6) is 0.0991. The van der Waals surface area contributed by atoms with Crippen LogP contribution in [0.1, 0.15) is 53.5 Å². The van der Waals surface area contributed by atoms with Crippen LogP contribution in [0.3, 0.4) is 0 Å². The number of hydrogen-bond donors (Lipinski definition) is 0. The Labute approximate surface area is 530 Å². The molecule has 1 atom stereocenters. The fraction of sp³-hybridized carbons (Fsp3) is 0.133. The predicted octanol–water partition coefficient (Wildman–Crippen LogP) is 19.1. The number of rotatable bonds is 5. The molecule has 16 rings (SSSR count). The minimum atomic E-state index is -0.135. The molecule has 0 saturated heterocycles. The van der Waals surface area contributed by atoms with E-state index in [0.717, 1.165) is 79.1 Å². The Balaban J connectivity index is 0.00000307. The van der Waals surface area contributed by atoms with Crippen molar-refractivity contribution in [3.05, 3.63) is 253 Å². The van der Waals surface area contributed by atoms with Crippen molar-refractivity contribution in [3.63, 3.8) is 0 Å². The van der Waals surface area contributed by atoms with Gasteiger partial charge in [0.15, 0.2) is 0 Å². The van der Waals surface area contributed by atoms with Crippen molar-refractivity contribution >= 4 is 116 Å². The van der Waals surface area contributed by atoms with E-state index in [9.17, 15) is 0 Å². The number of anilines is 4. The van der Waals surface area contributed by atoms with Gasteiger partial charge in [-0.25, -0.2) is 18.2 Å². The molecule has 1 unspecified atom stereocenters. The van der Waals surface area contributed by atoms with Gasteiger partial charge in [-0.1, -0.05) is 175 Å². The van der Waals surface area contributed by atoms with Crippen molar-refractivity contribution in [2.45, 2.75) is 53.4 Å². The quantitative estimate of drug-likeness (QED) is 0.127. The molecule has 0 spiro atoms. The summed E-state index contributed by atoms with van der Waals surface area (Å²) in [4.78, 5) is 5.11. The standard InChI is InChI=1S/C75H57BN3OS.2Cd/c1-45-59(75(5,6)7)43-66-71-72(45)79(51-38-31-46(32-39-51)52-24-18-30-69-70(52)57-23-13-16-29-68(57)81-69)63-40-35-48(74(2,3)4)41-60(63)76(71)61-42-58-54-21-11-14-27-62(54)77(49-19-9-8-10-20-49)64(58)44-65(61)78(66)50-36-33-47(34-37-50)53-25-17-26-56-55-22-12-15-28-67(55)80-73(53)56;;/h8-37,40-42,44,59H,1,43H2,2-7H3;;/q-3;;+2. The van der Waals surface area contributed by atoms with Gasteiger partial charge in [0.25, 0.3) is 0 Å². The molecule has 10 aromatic carbocycles. The summed E-state index contributed by atoms with van der Waals surface area (Å²) in [5, 5.41) is 7.29. The zero-order valence-corrected chi connectivity index (χ0v) is 56.7. The van der Waals surface area contributed by atoms with Crippen LogP contribution in [-0.4, -0.2) is 11.3 Å². The van der Waals surface area contributed by atoms with Crippen molar-refractivity contribution in [3.8, 4) is 27.9 Å². The molecule has 5 heterocycles. The first-order valence-electron chi connectivity index (χ1n) is 28.4. The van der Waals surface area contributed by atoms with Crippen LogP contribution in [0.25, 0.3) is 91.9 Å². The molecule has 1 aliphatic carbocycles. The van der Waals surface area contributed by atoms with Gasteiger partial charge in [-0.2, -0.15) is 5.57 Å². The van der Waals surface area contributed by atoms with Gasteiger partial charge in [-0.15, -0.1) is 28.1 Å². The van der Waals surface area contributed by atoms with Crippen LogP contribution in [0.2, 0.25) is 0 Å². The predicted molar refractivity (Wildman–Crippen MR) is 344 cm³/mol. The Bertz CT molecular complexity index is 4840. The van der Waals surface area contributed by atoms with Gasteiger partial charge in [0, 0.05) is 92.3 Å². The zero-order valence-electron chi connectivity index (χ0n) is 47.8. The molecule has 0 N–H and O–H groups in total. The number of thiophene rings is 1. The molecular weight excluding hydrogens is 1230 g/mol. The third kappa shape index (κ3) is 8.30. The maximum Gasteiger partial charge on any atom is 2.00 e. The van der Waals surface area contributed by atoms with Gasteiger partial charge in [0.2, 0.25) is 6.71 Å². The maximum absolute atomic E-state index is 6.63. The average Bonchev–Trinajstić information content (AvgIpc) is 4.15. The SMILES string of the molecule is [CH2-]C1=C2C3=C(CC1C(C)(C)C)N(c1ccc(-c4cccc5c4oc4ccccc45)cc1)c1cc4c(cc1B3c1cc(C(C)(C)C)ccc1N2c1[c-]cc(-c2cccc3sc5ccccc5c23)c[c-]1)c1ccccc1n4-c1ccccc1.[Cd+2].[Cd]. The van der Waals surface area contributed by atoms with Crippen molar-refractivity contribution in [2.75, 3.05) is 9.80 Å². The van der Waals surface area contributed by atoms with Crippen molar-refractivity contribution < 1.29 is 59.0 Å². The first-order chi connectivity index (χ1) is 39.4. The van der Waals surface area contributed by atoms with Gasteiger partial charge in [0.1, 0.15) is 11.2 Å². The third-order valence-corrected chi connectivity index (χ3v) is 19.0. The van der Waals surface area contributed by atoms with E-state index < -0.39 is 0 Å². The Hall–Kier alpha value is -7.12. The Morgan fingerprint density at radius 2 is 1.23 bits per heavy atom. The second-order valence-electron chi connectivity index (χ2n) is 24.6. The van der Waals surface area contributed by atoms with Crippen LogP contribution >= 0.6 is 11.3 Å². The van der Waals surface area contributed by atoms with Crippen LogP contribution < -0.4 is 20.7 Å². The largest absolute Gasteiger partial charge is 2.00 e. The van der Waals surface area contributed by atoms with E-state index in [1.807, 2.05) is 17.4 Å². The third-order valence-electron chi connectivity index (χ3n) is 17.9. The first-order valence-corrected chi connectivity index (χ1v) is 29.2. The molecule has 13 aromatic rings. The minimum absolute atomic E-state index is 0. The molecule has 3 aliphatic rings. The number of aromatic nitrogens is 1. The van der Waals surface area contributed by atoms with Gasteiger partial charge in [-0.05, 0) is 117 Å². The molecule has 0 fully saturated rings. The molecule has 3 aromatic heterocycles. The fourth-order valence-corrected chi connectivity index (χ4v) is 15.1. The summed E-state index contributed by atoms with van der Waals surface area (Å²) < 4.78 is 11.7. The summed E-state index contributed by atoms with van der Waals surface area (Å²) in [6.07, 6.45) is 0.809. The normalized spacial score (nSPS) is 15.1. The number of allylic oxidation sites excluding steroid dienone is 3. The molecule has 0 bridgehead atoms. The van der Waals surface area contributed by atoms with E-state index in [1.165, 1.54) is 80.9 Å². The van der Waals surface area contributed by atoms with E-state index >= 15 is 0 Å². The molecule has 0 amide bonds. The molecule has 0 saturated carbocycles. The number of para-hydroxylation sites is 4. The average molecular weight is 1280 g/mol. The molecule has 83 heavy (non-hydrogen) atoms. The van der Waals surface area contributed by atoms with Gasteiger partial charge < -0.3 is 30.9 Å². The Morgan fingerprint density at radius 3 is 2.00 bits per heavy atom. The first kappa shape index (κ1) is 53.9. The number of benzene rings is 10. The summed E-state index contributed by atoms with van der Waals surface area (Å²) in [6, 6.07) is 83.9. The maximum atomic E-state index is 6.63. The van der Waals surface area contributed by atoms with Crippen LogP contribution in [0.15, 0.2) is 233 Å². The van der Waals surface area contributed by atoms with Crippen molar-refractivity contribution in [1.29, 1.82) is 0 Å². The number of furan rings is 1. The second-order valence-corrected chi connectivity index (χ2v) is 25.7. The Kier molecular flexibility index (Phi) is 13.0. The fourth-order valence-electron chi connectivity index (χ4n) is 14.0. The summed E-state index contributed by atoms with van der Waals surface area (Å²) in [5.41, 5.74) is 22.6. The molecular formula is C75H57BCd2N3OS-. The smallest absolute Gasteiger partial charge is 0.455 e. The molecule has 2 aliphatic heterocycles. The van der Waals surface area contributed by atoms with E-state index in [4.69, 9.17) is 11.3 Å². The van der Waals surface area contributed by atoms with Crippen molar-refractivity contribution in [2.24, 2.45) is 11.3 Å². The van der Waals surface area contributed by atoms with Crippen LogP contribution in [0.4, 0.5) is 22.7 Å². The summed E-state index contributed by atoms with van der Waals surface area (Å²) >= 11 is 1.85. The molecule has 0 radical (unpaired) electrons. The molecule has 8 heteroatoms.